The summed E-state index contributed by atoms with van der Waals surface area (Å²) in [5, 5.41) is 4.37. The summed E-state index contributed by atoms with van der Waals surface area (Å²) in [6, 6.07) is 10.5. The summed E-state index contributed by atoms with van der Waals surface area (Å²) in [5.74, 6) is 0.848. The van der Waals surface area contributed by atoms with Gasteiger partial charge in [0.05, 0.1) is 16.8 Å². The van der Waals surface area contributed by atoms with E-state index >= 15 is 0 Å². The summed E-state index contributed by atoms with van der Waals surface area (Å²) in [6.07, 6.45) is 1.72. The summed E-state index contributed by atoms with van der Waals surface area (Å²) in [5.41, 5.74) is 3.31. The van der Waals surface area contributed by atoms with Gasteiger partial charge >= 0.3 is 0 Å². The fraction of sp³-hybridized carbons (Fsp3) is 0.400. The zero-order chi connectivity index (χ0) is 18.2. The lowest BCUT2D eigenvalue weighted by molar-refractivity contribution is 0.364. The molecule has 5 nitrogen and oxygen atoms in total. The number of rotatable bonds is 3. The first-order chi connectivity index (χ1) is 13.3. The Morgan fingerprint density at radius 3 is 2.64 bits per heavy atom. The summed E-state index contributed by atoms with van der Waals surface area (Å²) >= 11 is 1.70. The minimum atomic E-state index is -0.736. The van der Waals surface area contributed by atoms with E-state index in [1.807, 2.05) is 23.2 Å². The largest absolute Gasteiger partial charge is 0.369 e. The number of nitrogens with one attached hydrogen (secondary N) is 1. The normalized spacial score (nSPS) is 19.8. The molecule has 4 heterocycles. The molecule has 5 rings (SSSR count). The predicted molar refractivity (Wildman–Crippen MR) is 117 cm³/mol. The fourth-order valence-corrected chi connectivity index (χ4v) is 4.77. The fourth-order valence-electron chi connectivity index (χ4n) is 3.78. The molecule has 28 heavy (non-hydrogen) atoms. The van der Waals surface area contributed by atoms with Gasteiger partial charge in [-0.25, -0.2) is 14.4 Å². The zero-order valence-corrected chi connectivity index (χ0v) is 17.1. The van der Waals surface area contributed by atoms with Crippen molar-refractivity contribution in [2.45, 2.75) is 12.6 Å². The van der Waals surface area contributed by atoms with Crippen molar-refractivity contribution < 1.29 is 4.39 Å². The summed E-state index contributed by atoms with van der Waals surface area (Å²) in [6.45, 7) is 5.33. The minimum absolute atomic E-state index is 0. The number of halogens is 2. The summed E-state index contributed by atoms with van der Waals surface area (Å²) in [4.78, 5) is 13.7. The molecule has 0 aliphatic carbocycles. The third kappa shape index (κ3) is 3.79. The topological polar surface area (TPSA) is 44.3 Å². The van der Waals surface area contributed by atoms with Gasteiger partial charge in [-0.05, 0) is 36.8 Å². The maximum Gasteiger partial charge on any atom is 0.128 e. The van der Waals surface area contributed by atoms with Crippen LogP contribution in [0.3, 0.4) is 0 Å². The van der Waals surface area contributed by atoms with Gasteiger partial charge in [0, 0.05) is 50.2 Å². The van der Waals surface area contributed by atoms with E-state index in [-0.39, 0.29) is 12.4 Å². The zero-order valence-electron chi connectivity index (χ0n) is 15.5. The second-order valence-electron chi connectivity index (χ2n) is 7.15. The molecule has 2 aliphatic heterocycles. The lowest BCUT2D eigenvalue weighted by Crippen LogP contribution is -2.43. The average Bonchev–Trinajstić information content (AvgIpc) is 3.34. The van der Waals surface area contributed by atoms with Crippen molar-refractivity contribution in [3.63, 3.8) is 0 Å². The Kier molecular flexibility index (Phi) is 5.66. The Morgan fingerprint density at radius 2 is 1.93 bits per heavy atom. The second kappa shape index (κ2) is 8.19. The Morgan fingerprint density at radius 1 is 1.07 bits per heavy atom. The van der Waals surface area contributed by atoms with Gasteiger partial charge in [-0.3, -0.25) is 0 Å². The number of nitrogens with zero attached hydrogens (tertiary/aromatic N) is 4. The molecule has 1 N–H and O–H groups in total. The number of piperazine rings is 1. The molecule has 0 bridgehead atoms. The lowest BCUT2D eigenvalue weighted by atomic mass is 10.2. The van der Waals surface area contributed by atoms with Gasteiger partial charge in [0.2, 0.25) is 0 Å². The van der Waals surface area contributed by atoms with Crippen molar-refractivity contribution >= 4 is 45.5 Å². The Labute approximate surface area is 174 Å². The molecule has 148 valence electrons. The van der Waals surface area contributed by atoms with Crippen LogP contribution in [0.25, 0.3) is 20.8 Å². The number of anilines is 2. The van der Waals surface area contributed by atoms with Gasteiger partial charge in [-0.15, -0.1) is 23.7 Å². The monoisotopic (exact) mass is 419 g/mol. The van der Waals surface area contributed by atoms with Crippen LogP contribution in [0.1, 0.15) is 6.42 Å². The molecule has 1 atom stereocenters. The highest BCUT2D eigenvalue weighted by Gasteiger charge is 2.22. The molecule has 8 heteroatoms. The van der Waals surface area contributed by atoms with Gasteiger partial charge in [-0.1, -0.05) is 0 Å². The molecule has 1 aromatic carbocycles. The van der Waals surface area contributed by atoms with E-state index in [0.717, 1.165) is 54.6 Å². The van der Waals surface area contributed by atoms with Crippen LogP contribution in [-0.4, -0.2) is 55.4 Å². The first-order valence-electron chi connectivity index (χ1n) is 9.48. The van der Waals surface area contributed by atoms with Crippen LogP contribution in [0.2, 0.25) is 0 Å². The SMILES string of the molecule is Cl.F[C@@H]1CCN(c2ccc(-c3nc4ccc(N5CCNCC5)cc4s3)cn2)C1. The highest BCUT2D eigenvalue weighted by molar-refractivity contribution is 7.21. The molecule has 3 aromatic rings. The van der Waals surface area contributed by atoms with E-state index in [1.54, 1.807) is 11.3 Å². The number of benzene rings is 1. The molecule has 2 saturated heterocycles. The van der Waals surface area contributed by atoms with Crippen molar-refractivity contribution in [2.75, 3.05) is 49.1 Å². The van der Waals surface area contributed by atoms with Crippen LogP contribution in [0, 0.1) is 0 Å². The van der Waals surface area contributed by atoms with Gasteiger partial charge in [0.15, 0.2) is 0 Å². The Bertz CT molecular complexity index is 941. The summed E-state index contributed by atoms with van der Waals surface area (Å²) in [7, 11) is 0. The first-order valence-corrected chi connectivity index (χ1v) is 10.3. The molecule has 0 unspecified atom stereocenters. The second-order valence-corrected chi connectivity index (χ2v) is 8.18. The number of pyridine rings is 1. The molecule has 2 aliphatic rings. The number of fused-ring (bicyclic) bond motifs is 1. The summed E-state index contributed by atoms with van der Waals surface area (Å²) < 4.78 is 14.6. The molecule has 0 spiro atoms. The Hall–Kier alpha value is -1.96. The molecule has 2 aromatic heterocycles. The van der Waals surface area contributed by atoms with E-state index < -0.39 is 6.17 Å². The molecular weight excluding hydrogens is 397 g/mol. The van der Waals surface area contributed by atoms with E-state index in [9.17, 15) is 4.39 Å². The van der Waals surface area contributed by atoms with Crippen LogP contribution in [0.15, 0.2) is 36.5 Å². The van der Waals surface area contributed by atoms with Gasteiger partial charge < -0.3 is 15.1 Å². The number of thiazole rings is 1. The smallest absolute Gasteiger partial charge is 0.128 e. The number of alkyl halides is 1. The third-order valence-electron chi connectivity index (χ3n) is 5.30. The van der Waals surface area contributed by atoms with E-state index in [1.165, 1.54) is 10.4 Å². The number of hydrogen-bond donors (Lipinski definition) is 1. The molecule has 0 saturated carbocycles. The number of aromatic nitrogens is 2. The maximum atomic E-state index is 13.4. The van der Waals surface area contributed by atoms with Crippen molar-refractivity contribution in [3.8, 4) is 10.6 Å². The molecule has 0 radical (unpaired) electrons. The van der Waals surface area contributed by atoms with E-state index in [4.69, 9.17) is 4.98 Å². The quantitative estimate of drug-likeness (QED) is 0.700. The Balaban J connectivity index is 0.00000192. The van der Waals surface area contributed by atoms with Crippen LogP contribution < -0.4 is 15.1 Å². The van der Waals surface area contributed by atoms with E-state index in [0.29, 0.717) is 13.0 Å². The predicted octanol–water partition coefficient (Wildman–Crippen LogP) is 3.74. The number of hydrogen-bond acceptors (Lipinski definition) is 6. The van der Waals surface area contributed by atoms with Crippen LogP contribution >= 0.6 is 23.7 Å². The minimum Gasteiger partial charge on any atom is -0.369 e. The molecule has 0 amide bonds. The van der Waals surface area contributed by atoms with Crippen LogP contribution in [0.4, 0.5) is 15.9 Å². The van der Waals surface area contributed by atoms with Gasteiger partial charge in [-0.2, -0.15) is 0 Å². The van der Waals surface area contributed by atoms with Gasteiger partial charge in [0.25, 0.3) is 0 Å². The molecule has 2 fully saturated rings. The van der Waals surface area contributed by atoms with Gasteiger partial charge in [0.1, 0.15) is 17.0 Å². The highest BCUT2D eigenvalue weighted by Crippen LogP contribution is 2.33. The molecular formula is C20H23ClFN5S. The van der Waals surface area contributed by atoms with Crippen LogP contribution in [0.5, 0.6) is 0 Å². The average molecular weight is 420 g/mol. The maximum absolute atomic E-state index is 13.4. The van der Waals surface area contributed by atoms with Crippen molar-refractivity contribution in [3.05, 3.63) is 36.5 Å². The standard InChI is InChI=1S/C20H22FN5S.ClH/c21-15-5-8-26(13-15)19-4-1-14(12-23-19)20-24-17-3-2-16(11-18(17)27-20)25-9-6-22-7-10-25;/h1-4,11-12,15,22H,5-10,13H2;1H/t15-;/m1./s1. The van der Waals surface area contributed by atoms with Crippen molar-refractivity contribution in [1.82, 2.24) is 15.3 Å². The highest BCUT2D eigenvalue weighted by atomic mass is 35.5. The van der Waals surface area contributed by atoms with Crippen molar-refractivity contribution in [2.24, 2.45) is 0 Å². The first kappa shape index (κ1) is 19.4. The lowest BCUT2D eigenvalue weighted by Gasteiger charge is -2.29. The van der Waals surface area contributed by atoms with Crippen molar-refractivity contribution in [1.29, 1.82) is 0 Å². The van der Waals surface area contributed by atoms with Crippen LogP contribution in [-0.2, 0) is 0 Å². The third-order valence-corrected chi connectivity index (χ3v) is 6.37. The van der Waals surface area contributed by atoms with E-state index in [2.05, 4.69) is 33.4 Å².